The van der Waals surface area contributed by atoms with Gasteiger partial charge in [-0.15, -0.1) is 4.91 Å². The van der Waals surface area contributed by atoms with Crippen LogP contribution < -0.4 is 4.74 Å². The molecule has 0 bridgehead atoms. The molecule has 0 saturated heterocycles. The second-order valence-corrected chi connectivity index (χ2v) is 5.35. The minimum absolute atomic E-state index is 0.297. The van der Waals surface area contributed by atoms with Crippen LogP contribution in [0.4, 0.5) is 0 Å². The Morgan fingerprint density at radius 2 is 1.82 bits per heavy atom. The third-order valence-corrected chi connectivity index (χ3v) is 3.52. The van der Waals surface area contributed by atoms with Crippen molar-refractivity contribution in [1.29, 1.82) is 5.26 Å². The van der Waals surface area contributed by atoms with Gasteiger partial charge in [-0.3, -0.25) is 0 Å². The van der Waals surface area contributed by atoms with Gasteiger partial charge >= 0.3 is 0 Å². The van der Waals surface area contributed by atoms with Crippen molar-refractivity contribution in [2.45, 2.75) is 32.4 Å². The van der Waals surface area contributed by atoms with Crippen LogP contribution in [0.25, 0.3) is 0 Å². The number of rotatable bonds is 6. The SMILES string of the molecule is CC(C)c1ccc(OCc2ccccc2C(C#N)N=O)cc1. The Hall–Kier alpha value is -2.67. The van der Waals surface area contributed by atoms with Crippen LogP contribution in [0.5, 0.6) is 5.75 Å². The van der Waals surface area contributed by atoms with Crippen molar-refractivity contribution in [3.8, 4) is 11.8 Å². The van der Waals surface area contributed by atoms with E-state index in [1.807, 2.05) is 42.5 Å². The van der Waals surface area contributed by atoms with E-state index in [0.717, 1.165) is 11.3 Å². The summed E-state index contributed by atoms with van der Waals surface area (Å²) >= 11 is 0. The van der Waals surface area contributed by atoms with Gasteiger partial charge in [-0.05, 0) is 34.4 Å². The summed E-state index contributed by atoms with van der Waals surface area (Å²) < 4.78 is 5.75. The van der Waals surface area contributed by atoms with E-state index in [4.69, 9.17) is 10.00 Å². The topological polar surface area (TPSA) is 62.4 Å². The van der Waals surface area contributed by atoms with E-state index in [1.165, 1.54) is 5.56 Å². The zero-order chi connectivity index (χ0) is 15.9. The second-order valence-electron chi connectivity index (χ2n) is 5.35. The molecule has 0 aliphatic heterocycles. The van der Waals surface area contributed by atoms with Gasteiger partial charge < -0.3 is 4.74 Å². The minimum atomic E-state index is -0.997. The van der Waals surface area contributed by atoms with Gasteiger partial charge in [0.2, 0.25) is 6.04 Å². The number of nitrogens with zero attached hydrogens (tertiary/aromatic N) is 2. The first-order valence-corrected chi connectivity index (χ1v) is 7.18. The molecule has 0 aliphatic rings. The van der Waals surface area contributed by atoms with Gasteiger partial charge in [0.15, 0.2) is 0 Å². The van der Waals surface area contributed by atoms with Crippen LogP contribution in [0.1, 0.15) is 42.5 Å². The van der Waals surface area contributed by atoms with E-state index in [0.29, 0.717) is 18.1 Å². The fourth-order valence-electron chi connectivity index (χ4n) is 2.19. The van der Waals surface area contributed by atoms with Crippen molar-refractivity contribution in [2.24, 2.45) is 5.18 Å². The van der Waals surface area contributed by atoms with E-state index in [-0.39, 0.29) is 0 Å². The standard InChI is InChI=1S/C18H18N2O2/c1-13(2)14-7-9-16(10-8-14)22-12-15-5-3-4-6-17(15)18(11-19)20-21/h3-10,13,18H,12H2,1-2H3. The van der Waals surface area contributed by atoms with Gasteiger partial charge in [-0.1, -0.05) is 50.2 Å². The van der Waals surface area contributed by atoms with Gasteiger partial charge in [0, 0.05) is 5.56 Å². The summed E-state index contributed by atoms with van der Waals surface area (Å²) in [5.74, 6) is 1.23. The summed E-state index contributed by atoms with van der Waals surface area (Å²) in [6.45, 7) is 4.58. The molecule has 0 N–H and O–H groups in total. The zero-order valence-electron chi connectivity index (χ0n) is 12.7. The molecular formula is C18H18N2O2. The lowest BCUT2D eigenvalue weighted by Crippen LogP contribution is -2.02. The summed E-state index contributed by atoms with van der Waals surface area (Å²) in [5.41, 5.74) is 2.64. The average Bonchev–Trinajstić information content (AvgIpc) is 2.55. The Balaban J connectivity index is 2.12. The maximum atomic E-state index is 10.8. The zero-order valence-corrected chi connectivity index (χ0v) is 12.7. The fraction of sp³-hybridized carbons (Fsp3) is 0.278. The highest BCUT2D eigenvalue weighted by Crippen LogP contribution is 2.23. The summed E-state index contributed by atoms with van der Waals surface area (Å²) in [7, 11) is 0. The number of nitroso groups, excluding NO2 is 1. The summed E-state index contributed by atoms with van der Waals surface area (Å²) in [6.07, 6.45) is 0. The van der Waals surface area contributed by atoms with Crippen molar-refractivity contribution in [1.82, 2.24) is 0 Å². The van der Waals surface area contributed by atoms with Gasteiger partial charge in [-0.2, -0.15) is 5.26 Å². The molecule has 0 radical (unpaired) electrons. The average molecular weight is 294 g/mol. The van der Waals surface area contributed by atoms with E-state index in [2.05, 4.69) is 19.0 Å². The van der Waals surface area contributed by atoms with E-state index >= 15 is 0 Å². The van der Waals surface area contributed by atoms with Crippen molar-refractivity contribution >= 4 is 0 Å². The Kier molecular flexibility index (Phi) is 5.26. The maximum absolute atomic E-state index is 10.8. The third-order valence-electron chi connectivity index (χ3n) is 3.52. The number of nitriles is 1. The van der Waals surface area contributed by atoms with Gasteiger partial charge in [0.1, 0.15) is 12.4 Å². The number of ether oxygens (including phenoxy) is 1. The first-order valence-electron chi connectivity index (χ1n) is 7.18. The lowest BCUT2D eigenvalue weighted by atomic mass is 10.0. The molecule has 2 aromatic rings. The van der Waals surface area contributed by atoms with Crippen molar-refractivity contribution in [2.75, 3.05) is 0 Å². The molecule has 0 heterocycles. The van der Waals surface area contributed by atoms with Crippen LogP contribution in [-0.4, -0.2) is 0 Å². The molecule has 112 valence electrons. The maximum Gasteiger partial charge on any atom is 0.203 e. The van der Waals surface area contributed by atoms with E-state index in [9.17, 15) is 4.91 Å². The summed E-state index contributed by atoms with van der Waals surface area (Å²) in [4.78, 5) is 10.8. The molecule has 0 amide bonds. The minimum Gasteiger partial charge on any atom is -0.489 e. The molecule has 2 rings (SSSR count). The van der Waals surface area contributed by atoms with Crippen molar-refractivity contribution in [3.05, 3.63) is 70.1 Å². The van der Waals surface area contributed by atoms with Gasteiger partial charge in [0.05, 0.1) is 6.07 Å². The van der Waals surface area contributed by atoms with Gasteiger partial charge in [-0.25, -0.2) is 0 Å². The van der Waals surface area contributed by atoms with Crippen LogP contribution in [0, 0.1) is 16.2 Å². The lowest BCUT2D eigenvalue weighted by Gasteiger charge is -2.12. The Morgan fingerprint density at radius 3 is 2.41 bits per heavy atom. The van der Waals surface area contributed by atoms with Crippen LogP contribution >= 0.6 is 0 Å². The molecule has 22 heavy (non-hydrogen) atoms. The Labute approximate surface area is 130 Å². The molecule has 0 aliphatic carbocycles. The Bertz CT molecular complexity index is 672. The predicted molar refractivity (Wildman–Crippen MR) is 85.5 cm³/mol. The fourth-order valence-corrected chi connectivity index (χ4v) is 2.19. The Morgan fingerprint density at radius 1 is 1.14 bits per heavy atom. The molecule has 0 spiro atoms. The molecule has 0 saturated carbocycles. The van der Waals surface area contributed by atoms with Crippen LogP contribution in [0.2, 0.25) is 0 Å². The monoisotopic (exact) mass is 294 g/mol. The highest BCUT2D eigenvalue weighted by molar-refractivity contribution is 5.34. The molecular weight excluding hydrogens is 276 g/mol. The highest BCUT2D eigenvalue weighted by atomic mass is 16.5. The number of benzene rings is 2. The first kappa shape index (κ1) is 15.7. The van der Waals surface area contributed by atoms with Crippen LogP contribution in [-0.2, 0) is 6.61 Å². The normalized spacial score (nSPS) is 11.7. The molecule has 2 aromatic carbocycles. The molecule has 4 heteroatoms. The largest absolute Gasteiger partial charge is 0.489 e. The number of hydrogen-bond acceptors (Lipinski definition) is 4. The van der Waals surface area contributed by atoms with E-state index < -0.39 is 6.04 Å². The van der Waals surface area contributed by atoms with Crippen molar-refractivity contribution in [3.63, 3.8) is 0 Å². The summed E-state index contributed by atoms with van der Waals surface area (Å²) in [5, 5.41) is 11.8. The third kappa shape index (κ3) is 3.70. The second kappa shape index (κ2) is 7.37. The first-order chi connectivity index (χ1) is 10.7. The molecule has 0 aromatic heterocycles. The van der Waals surface area contributed by atoms with Crippen molar-refractivity contribution < 1.29 is 4.74 Å². The van der Waals surface area contributed by atoms with Crippen LogP contribution in [0.3, 0.4) is 0 Å². The van der Waals surface area contributed by atoms with Gasteiger partial charge in [0.25, 0.3) is 0 Å². The lowest BCUT2D eigenvalue weighted by molar-refractivity contribution is 0.304. The molecule has 4 nitrogen and oxygen atoms in total. The highest BCUT2D eigenvalue weighted by Gasteiger charge is 2.14. The van der Waals surface area contributed by atoms with E-state index in [1.54, 1.807) is 12.1 Å². The molecule has 0 fully saturated rings. The quantitative estimate of drug-likeness (QED) is 0.724. The smallest absolute Gasteiger partial charge is 0.203 e. The van der Waals surface area contributed by atoms with Crippen LogP contribution in [0.15, 0.2) is 53.7 Å². The summed E-state index contributed by atoms with van der Waals surface area (Å²) in [6, 6.07) is 16.0. The molecule has 1 unspecified atom stereocenters. The number of hydrogen-bond donors (Lipinski definition) is 0. The molecule has 1 atom stereocenters. The predicted octanol–water partition coefficient (Wildman–Crippen LogP) is 4.72.